The van der Waals surface area contributed by atoms with E-state index in [9.17, 15) is 9.59 Å². The fraction of sp³-hybridized carbons (Fsp3) is 0.500. The van der Waals surface area contributed by atoms with Crippen LogP contribution in [0.15, 0.2) is 54.9 Å². The highest BCUT2D eigenvalue weighted by molar-refractivity contribution is 6.07. The van der Waals surface area contributed by atoms with Crippen molar-refractivity contribution in [2.24, 2.45) is 0 Å². The van der Waals surface area contributed by atoms with Crippen molar-refractivity contribution < 1.29 is 14.3 Å². The number of likely N-dealkylation sites (tertiary alicyclic amines) is 1. The maximum absolute atomic E-state index is 13.7. The summed E-state index contributed by atoms with van der Waals surface area (Å²) in [5, 5.41) is 0. The summed E-state index contributed by atoms with van der Waals surface area (Å²) >= 11 is 0. The fourth-order valence-electron chi connectivity index (χ4n) is 5.12. The Kier molecular flexibility index (Phi) is 7.40. The van der Waals surface area contributed by atoms with Crippen molar-refractivity contribution in [3.8, 4) is 0 Å². The Morgan fingerprint density at radius 2 is 1.79 bits per heavy atom. The molecule has 2 aliphatic heterocycles. The molecule has 7 heteroatoms. The van der Waals surface area contributed by atoms with Crippen molar-refractivity contribution in [1.29, 1.82) is 0 Å². The van der Waals surface area contributed by atoms with Crippen LogP contribution in [0.2, 0.25) is 0 Å². The minimum absolute atomic E-state index is 0.0336. The molecule has 33 heavy (non-hydrogen) atoms. The van der Waals surface area contributed by atoms with E-state index in [1.54, 1.807) is 13.3 Å². The zero-order valence-electron chi connectivity index (χ0n) is 19.7. The van der Waals surface area contributed by atoms with E-state index in [-0.39, 0.29) is 18.0 Å². The molecule has 1 aromatic heterocycles. The Labute approximate surface area is 196 Å². The van der Waals surface area contributed by atoms with Crippen LogP contribution in [0.5, 0.6) is 0 Å². The first-order valence-corrected chi connectivity index (χ1v) is 11.8. The number of imide groups is 1. The minimum Gasteiger partial charge on any atom is -0.383 e. The Morgan fingerprint density at radius 1 is 1.06 bits per heavy atom. The molecule has 0 radical (unpaired) electrons. The van der Waals surface area contributed by atoms with E-state index in [0.29, 0.717) is 32.5 Å². The van der Waals surface area contributed by atoms with E-state index in [1.807, 2.05) is 53.6 Å². The van der Waals surface area contributed by atoms with Gasteiger partial charge in [0.2, 0.25) is 0 Å². The maximum atomic E-state index is 13.7. The summed E-state index contributed by atoms with van der Waals surface area (Å²) in [6, 6.07) is 14.0. The number of hydrogen-bond acceptors (Lipinski definition) is 5. The van der Waals surface area contributed by atoms with Crippen LogP contribution in [0.4, 0.5) is 4.79 Å². The van der Waals surface area contributed by atoms with Crippen molar-refractivity contribution in [3.05, 3.63) is 66.0 Å². The van der Waals surface area contributed by atoms with Gasteiger partial charge in [-0.2, -0.15) is 0 Å². The number of urea groups is 1. The molecular weight excluding hydrogens is 416 g/mol. The van der Waals surface area contributed by atoms with Gasteiger partial charge in [-0.25, -0.2) is 4.79 Å². The summed E-state index contributed by atoms with van der Waals surface area (Å²) in [6.07, 6.45) is 6.42. The average molecular weight is 451 g/mol. The molecule has 2 fully saturated rings. The molecule has 0 unspecified atom stereocenters. The van der Waals surface area contributed by atoms with Gasteiger partial charge >= 0.3 is 6.03 Å². The molecular formula is C26H34N4O3. The molecule has 1 atom stereocenters. The molecule has 0 saturated carbocycles. The first-order valence-electron chi connectivity index (χ1n) is 11.8. The Morgan fingerprint density at radius 3 is 2.45 bits per heavy atom. The SMILES string of the molecule is COC[C@H](C)N1CCC2(CC1)C(=O)N(CCCc1cccnc1)C(=O)N2Cc1ccccc1. The zero-order chi connectivity index (χ0) is 23.3. The molecule has 0 bridgehead atoms. The van der Waals surface area contributed by atoms with Crippen LogP contribution in [-0.4, -0.2) is 76.6 Å². The van der Waals surface area contributed by atoms with E-state index in [1.165, 1.54) is 4.90 Å². The molecule has 7 nitrogen and oxygen atoms in total. The van der Waals surface area contributed by atoms with Crippen LogP contribution < -0.4 is 0 Å². The molecule has 3 heterocycles. The summed E-state index contributed by atoms with van der Waals surface area (Å²) in [6.45, 7) is 5.25. The molecule has 2 saturated heterocycles. The molecule has 2 aliphatic rings. The lowest BCUT2D eigenvalue weighted by atomic mass is 9.85. The molecule has 4 rings (SSSR count). The molecule has 1 spiro atoms. The number of methoxy groups -OCH3 is 1. The van der Waals surface area contributed by atoms with E-state index >= 15 is 0 Å². The van der Waals surface area contributed by atoms with Gasteiger partial charge in [-0.15, -0.1) is 0 Å². The number of aryl methyl sites for hydroxylation is 1. The predicted molar refractivity (Wildman–Crippen MR) is 127 cm³/mol. The molecule has 1 aromatic carbocycles. The summed E-state index contributed by atoms with van der Waals surface area (Å²) in [4.78, 5) is 37.1. The van der Waals surface area contributed by atoms with Crippen LogP contribution in [0.3, 0.4) is 0 Å². The van der Waals surface area contributed by atoms with Crippen molar-refractivity contribution >= 4 is 11.9 Å². The topological polar surface area (TPSA) is 66.0 Å². The second-order valence-corrected chi connectivity index (χ2v) is 9.15. The van der Waals surface area contributed by atoms with E-state index in [0.717, 1.165) is 37.1 Å². The standard InChI is InChI=1S/C26H34N4O3/c1-21(20-33-2)28-16-12-26(13-17-28)24(31)29(15-7-11-22-10-6-14-27-18-22)25(32)30(26)19-23-8-4-3-5-9-23/h3-6,8-10,14,18,21H,7,11-13,15-17,19-20H2,1-2H3/t21-/m0/s1. The third-order valence-corrected chi connectivity index (χ3v) is 7.03. The third-order valence-electron chi connectivity index (χ3n) is 7.03. The number of rotatable bonds is 9. The number of aromatic nitrogens is 1. The van der Waals surface area contributed by atoms with Crippen LogP contribution in [0, 0.1) is 0 Å². The molecule has 2 aromatic rings. The fourth-order valence-corrected chi connectivity index (χ4v) is 5.12. The average Bonchev–Trinajstić information content (AvgIpc) is 3.02. The lowest BCUT2D eigenvalue weighted by Crippen LogP contribution is -2.57. The largest absolute Gasteiger partial charge is 0.383 e. The lowest BCUT2D eigenvalue weighted by Gasteiger charge is -2.44. The van der Waals surface area contributed by atoms with E-state index in [4.69, 9.17) is 4.74 Å². The highest BCUT2D eigenvalue weighted by Gasteiger charge is 2.57. The van der Waals surface area contributed by atoms with Gasteiger partial charge in [0.15, 0.2) is 0 Å². The highest BCUT2D eigenvalue weighted by Crippen LogP contribution is 2.39. The Hall–Kier alpha value is -2.77. The van der Waals surface area contributed by atoms with Gasteiger partial charge in [0, 0.05) is 51.7 Å². The van der Waals surface area contributed by atoms with Gasteiger partial charge < -0.3 is 9.64 Å². The van der Waals surface area contributed by atoms with Crippen LogP contribution >= 0.6 is 0 Å². The summed E-state index contributed by atoms with van der Waals surface area (Å²) in [5.74, 6) is -0.0336. The Balaban J connectivity index is 1.51. The second-order valence-electron chi connectivity index (χ2n) is 9.15. The third kappa shape index (κ3) is 4.94. The maximum Gasteiger partial charge on any atom is 0.327 e. The molecule has 3 amide bonds. The number of piperidine rings is 1. The second kappa shape index (κ2) is 10.4. The van der Waals surface area contributed by atoms with E-state index in [2.05, 4.69) is 16.8 Å². The first kappa shape index (κ1) is 23.4. The first-order chi connectivity index (χ1) is 16.0. The number of carbonyl (C=O) groups excluding carboxylic acids is 2. The molecule has 176 valence electrons. The monoisotopic (exact) mass is 450 g/mol. The summed E-state index contributed by atoms with van der Waals surface area (Å²) in [5.41, 5.74) is 1.41. The van der Waals surface area contributed by atoms with Crippen molar-refractivity contribution in [2.75, 3.05) is 33.4 Å². The number of benzene rings is 1. The summed E-state index contributed by atoms with van der Waals surface area (Å²) in [7, 11) is 1.71. The van der Waals surface area contributed by atoms with Gasteiger partial charge in [0.05, 0.1) is 6.61 Å². The number of amides is 3. The predicted octanol–water partition coefficient (Wildman–Crippen LogP) is 3.35. The van der Waals surface area contributed by atoms with Gasteiger partial charge in [-0.1, -0.05) is 36.4 Å². The van der Waals surface area contributed by atoms with Crippen LogP contribution in [-0.2, 0) is 22.5 Å². The normalized spacial score (nSPS) is 19.5. The summed E-state index contributed by atoms with van der Waals surface area (Å²) < 4.78 is 5.32. The number of nitrogens with zero attached hydrogens (tertiary/aromatic N) is 4. The Bertz CT molecular complexity index is 929. The van der Waals surface area contributed by atoms with Crippen molar-refractivity contribution in [2.45, 2.75) is 50.7 Å². The number of carbonyl (C=O) groups is 2. The zero-order valence-corrected chi connectivity index (χ0v) is 19.7. The van der Waals surface area contributed by atoms with Gasteiger partial charge in [-0.3, -0.25) is 19.6 Å². The number of ether oxygens (including phenoxy) is 1. The minimum atomic E-state index is -0.759. The van der Waals surface area contributed by atoms with Crippen LogP contribution in [0.1, 0.15) is 37.3 Å². The van der Waals surface area contributed by atoms with E-state index < -0.39 is 5.54 Å². The van der Waals surface area contributed by atoms with Gasteiger partial charge in [0.25, 0.3) is 5.91 Å². The molecule has 0 aliphatic carbocycles. The van der Waals surface area contributed by atoms with Gasteiger partial charge in [-0.05, 0) is 49.8 Å². The lowest BCUT2D eigenvalue weighted by molar-refractivity contribution is -0.136. The van der Waals surface area contributed by atoms with Crippen molar-refractivity contribution in [3.63, 3.8) is 0 Å². The van der Waals surface area contributed by atoms with Gasteiger partial charge in [0.1, 0.15) is 5.54 Å². The van der Waals surface area contributed by atoms with Crippen molar-refractivity contribution in [1.82, 2.24) is 19.7 Å². The molecule has 0 N–H and O–H groups in total. The number of pyridine rings is 1. The smallest absolute Gasteiger partial charge is 0.327 e. The number of hydrogen-bond donors (Lipinski definition) is 0. The quantitative estimate of drug-likeness (QED) is 0.548. The van der Waals surface area contributed by atoms with Crippen LogP contribution in [0.25, 0.3) is 0 Å². The highest BCUT2D eigenvalue weighted by atomic mass is 16.5.